The highest BCUT2D eigenvalue weighted by molar-refractivity contribution is 6.34. The van der Waals surface area contributed by atoms with E-state index in [2.05, 4.69) is 5.16 Å². The van der Waals surface area contributed by atoms with E-state index in [0.717, 1.165) is 10.5 Å². The molecular weight excluding hydrogens is 391 g/mol. The third-order valence-corrected chi connectivity index (χ3v) is 5.31. The Bertz CT molecular complexity index is 988. The summed E-state index contributed by atoms with van der Waals surface area (Å²) in [4.78, 5) is 32.4. The highest BCUT2D eigenvalue weighted by Gasteiger charge is 2.56. The van der Waals surface area contributed by atoms with Crippen molar-refractivity contribution in [3.8, 4) is 5.75 Å². The molecular formula is C19H14Cl2N2O4. The highest BCUT2D eigenvalue weighted by Crippen LogP contribution is 2.40. The summed E-state index contributed by atoms with van der Waals surface area (Å²) in [5.74, 6) is -1.40. The molecule has 2 aromatic carbocycles. The summed E-state index contributed by atoms with van der Waals surface area (Å²) in [6.07, 6.45) is -0.996. The van der Waals surface area contributed by atoms with E-state index in [1.54, 1.807) is 43.3 Å². The molecule has 2 heterocycles. The average molecular weight is 405 g/mol. The molecule has 27 heavy (non-hydrogen) atoms. The molecule has 1 saturated heterocycles. The van der Waals surface area contributed by atoms with Crippen LogP contribution in [0, 0.1) is 12.8 Å². The fourth-order valence-corrected chi connectivity index (χ4v) is 3.54. The molecule has 0 saturated carbocycles. The summed E-state index contributed by atoms with van der Waals surface area (Å²) in [7, 11) is 1.45. The molecule has 0 N–H and O–H groups in total. The van der Waals surface area contributed by atoms with Crippen LogP contribution < -0.4 is 9.64 Å². The summed E-state index contributed by atoms with van der Waals surface area (Å²) >= 11 is 12.1. The predicted molar refractivity (Wildman–Crippen MR) is 102 cm³/mol. The van der Waals surface area contributed by atoms with Crippen molar-refractivity contribution in [2.45, 2.75) is 13.0 Å². The van der Waals surface area contributed by atoms with Gasteiger partial charge in [-0.15, -0.1) is 0 Å². The van der Waals surface area contributed by atoms with E-state index in [1.807, 2.05) is 0 Å². The van der Waals surface area contributed by atoms with Gasteiger partial charge in [0.15, 0.2) is 0 Å². The van der Waals surface area contributed by atoms with Crippen LogP contribution in [0.4, 0.5) is 5.69 Å². The van der Waals surface area contributed by atoms with Gasteiger partial charge in [0.1, 0.15) is 17.4 Å². The molecule has 138 valence electrons. The van der Waals surface area contributed by atoms with Crippen molar-refractivity contribution in [2.75, 3.05) is 12.0 Å². The summed E-state index contributed by atoms with van der Waals surface area (Å²) in [6, 6.07) is 10.1. The summed E-state index contributed by atoms with van der Waals surface area (Å²) in [5, 5.41) is 5.02. The molecule has 8 heteroatoms. The van der Waals surface area contributed by atoms with Gasteiger partial charge < -0.3 is 9.57 Å². The zero-order valence-electron chi connectivity index (χ0n) is 14.4. The lowest BCUT2D eigenvalue weighted by Crippen LogP contribution is -2.33. The van der Waals surface area contributed by atoms with Gasteiger partial charge in [-0.05, 0) is 30.7 Å². The van der Waals surface area contributed by atoms with Crippen molar-refractivity contribution in [2.24, 2.45) is 11.1 Å². The summed E-state index contributed by atoms with van der Waals surface area (Å²) in [5.41, 5.74) is 2.14. The van der Waals surface area contributed by atoms with E-state index in [9.17, 15) is 9.59 Å². The van der Waals surface area contributed by atoms with Crippen LogP contribution in [0.1, 0.15) is 11.1 Å². The molecule has 2 atom stereocenters. The molecule has 0 spiro atoms. The molecule has 0 aromatic heterocycles. The lowest BCUT2D eigenvalue weighted by molar-refractivity contribution is -0.126. The number of amides is 2. The molecule has 2 aliphatic heterocycles. The lowest BCUT2D eigenvalue weighted by Gasteiger charge is -2.19. The average Bonchev–Trinajstić information content (AvgIpc) is 3.19. The number of carbonyl (C=O) groups excluding carboxylic acids is 2. The van der Waals surface area contributed by atoms with Crippen molar-refractivity contribution in [1.82, 2.24) is 0 Å². The number of methoxy groups -OCH3 is 1. The third-order valence-electron chi connectivity index (χ3n) is 4.65. The first kappa shape index (κ1) is 17.8. The Kier molecular flexibility index (Phi) is 4.32. The van der Waals surface area contributed by atoms with Gasteiger partial charge in [0.2, 0.25) is 12.0 Å². The smallest absolute Gasteiger partial charge is 0.279 e. The maximum Gasteiger partial charge on any atom is 0.279 e. The fourth-order valence-electron chi connectivity index (χ4n) is 3.26. The third kappa shape index (κ3) is 2.76. The van der Waals surface area contributed by atoms with Crippen LogP contribution in [-0.2, 0) is 14.4 Å². The molecule has 2 amide bonds. The minimum atomic E-state index is -0.996. The van der Waals surface area contributed by atoms with Gasteiger partial charge in [0.05, 0.1) is 12.8 Å². The van der Waals surface area contributed by atoms with Gasteiger partial charge >= 0.3 is 0 Å². The monoisotopic (exact) mass is 404 g/mol. The molecule has 1 fully saturated rings. The quantitative estimate of drug-likeness (QED) is 0.732. The number of benzene rings is 2. The Balaban J connectivity index is 1.75. The van der Waals surface area contributed by atoms with Crippen molar-refractivity contribution >= 4 is 46.4 Å². The van der Waals surface area contributed by atoms with Gasteiger partial charge in [-0.3, -0.25) is 9.59 Å². The van der Waals surface area contributed by atoms with Crippen LogP contribution in [-0.4, -0.2) is 30.7 Å². The molecule has 2 aliphatic rings. The van der Waals surface area contributed by atoms with Gasteiger partial charge in [0, 0.05) is 21.7 Å². The van der Waals surface area contributed by atoms with Gasteiger partial charge in [-0.1, -0.05) is 40.5 Å². The van der Waals surface area contributed by atoms with E-state index >= 15 is 0 Å². The Morgan fingerprint density at radius 3 is 2.48 bits per heavy atom. The zero-order valence-corrected chi connectivity index (χ0v) is 15.9. The van der Waals surface area contributed by atoms with Crippen molar-refractivity contribution in [3.63, 3.8) is 0 Å². The topological polar surface area (TPSA) is 68.2 Å². The maximum absolute atomic E-state index is 13.1. The number of oxime groups is 1. The number of hydrogen-bond donors (Lipinski definition) is 0. The largest absolute Gasteiger partial charge is 0.495 e. The van der Waals surface area contributed by atoms with E-state index < -0.39 is 23.8 Å². The first-order chi connectivity index (χ1) is 12.9. The van der Waals surface area contributed by atoms with Crippen molar-refractivity contribution in [3.05, 3.63) is 57.6 Å². The number of hydrogen-bond acceptors (Lipinski definition) is 5. The second-order valence-corrected chi connectivity index (χ2v) is 7.12. The van der Waals surface area contributed by atoms with Gasteiger partial charge in [-0.25, -0.2) is 4.90 Å². The van der Waals surface area contributed by atoms with Gasteiger partial charge in [-0.2, -0.15) is 0 Å². The number of rotatable bonds is 3. The lowest BCUT2D eigenvalue weighted by atomic mass is 9.94. The number of ether oxygens (including phenoxy) is 1. The number of fused-ring (bicyclic) bond motifs is 1. The Labute approximate surface area is 165 Å². The molecule has 2 aromatic rings. The Morgan fingerprint density at radius 1 is 1.11 bits per heavy atom. The summed E-state index contributed by atoms with van der Waals surface area (Å²) in [6.45, 7) is 1.79. The second-order valence-electron chi connectivity index (χ2n) is 6.27. The van der Waals surface area contributed by atoms with Crippen LogP contribution in [0.25, 0.3) is 0 Å². The Morgan fingerprint density at radius 2 is 1.81 bits per heavy atom. The SMILES string of the molecule is COc1cc(Cl)c(C)cc1N1C(=O)[C@@H]2C(c3ccc(Cl)cc3)=NO[C@@H]2C1=O. The minimum absolute atomic E-state index is 0.331. The van der Waals surface area contributed by atoms with Crippen LogP contribution in [0.2, 0.25) is 10.0 Å². The predicted octanol–water partition coefficient (Wildman–Crippen LogP) is 3.60. The van der Waals surface area contributed by atoms with Gasteiger partial charge in [0.25, 0.3) is 5.91 Å². The van der Waals surface area contributed by atoms with E-state index in [0.29, 0.717) is 32.8 Å². The molecule has 4 rings (SSSR count). The molecule has 0 bridgehead atoms. The normalized spacial score (nSPS) is 21.2. The maximum atomic E-state index is 13.1. The number of aryl methyl sites for hydroxylation is 1. The number of anilines is 1. The molecule has 0 unspecified atom stereocenters. The molecule has 0 aliphatic carbocycles. The zero-order chi connectivity index (χ0) is 19.3. The number of nitrogens with zero attached hydrogens (tertiary/aromatic N) is 2. The van der Waals surface area contributed by atoms with Crippen LogP contribution >= 0.6 is 23.2 Å². The number of halogens is 2. The number of imide groups is 1. The van der Waals surface area contributed by atoms with E-state index in [4.69, 9.17) is 32.8 Å². The second kappa shape index (κ2) is 6.55. The molecule has 6 nitrogen and oxygen atoms in total. The standard InChI is InChI=1S/C19H14Cl2N2O4/c1-9-7-13(14(26-2)8-12(9)21)23-18(24)15-16(22-27-17(15)19(23)25)10-3-5-11(20)6-4-10/h3-8,15,17H,1-2H3/t15-,17+/m1/s1. The number of carbonyl (C=O) groups is 2. The first-order valence-corrected chi connectivity index (χ1v) is 8.89. The first-order valence-electron chi connectivity index (χ1n) is 8.14. The minimum Gasteiger partial charge on any atom is -0.495 e. The van der Waals surface area contributed by atoms with Crippen molar-refractivity contribution < 1.29 is 19.2 Å². The molecule has 0 radical (unpaired) electrons. The van der Waals surface area contributed by atoms with E-state index in [-0.39, 0.29) is 0 Å². The van der Waals surface area contributed by atoms with E-state index in [1.165, 1.54) is 7.11 Å². The highest BCUT2D eigenvalue weighted by atomic mass is 35.5. The fraction of sp³-hybridized carbons (Fsp3) is 0.211. The van der Waals surface area contributed by atoms with Crippen LogP contribution in [0.5, 0.6) is 5.75 Å². The summed E-state index contributed by atoms with van der Waals surface area (Å²) < 4.78 is 5.32. The Hall–Kier alpha value is -2.57. The van der Waals surface area contributed by atoms with Crippen LogP contribution in [0.15, 0.2) is 41.6 Å². The van der Waals surface area contributed by atoms with Crippen molar-refractivity contribution in [1.29, 1.82) is 0 Å². The van der Waals surface area contributed by atoms with Crippen LogP contribution in [0.3, 0.4) is 0 Å².